The van der Waals surface area contributed by atoms with Gasteiger partial charge in [0.25, 0.3) is 5.91 Å². The van der Waals surface area contributed by atoms with Gasteiger partial charge < -0.3 is 11.1 Å². The summed E-state index contributed by atoms with van der Waals surface area (Å²) < 4.78 is 0. The number of carbonyl (C=O) groups excluding carboxylic acids is 1. The standard InChI is InChI=1S/C14H12N4O/c15-7-10-1-3-11(4-2-10)8-18-14(19)13-6-5-12(16)9-17-13/h1-6,9H,8,16H2,(H,18,19). The average Bonchev–Trinajstić information content (AvgIpc) is 2.46. The minimum absolute atomic E-state index is 0.260. The molecule has 0 aliphatic rings. The molecule has 0 spiro atoms. The first-order valence-corrected chi connectivity index (χ1v) is 5.68. The number of hydrogen-bond acceptors (Lipinski definition) is 4. The molecule has 0 fully saturated rings. The molecule has 0 radical (unpaired) electrons. The lowest BCUT2D eigenvalue weighted by molar-refractivity contribution is 0.0946. The van der Waals surface area contributed by atoms with E-state index < -0.39 is 0 Å². The number of amides is 1. The van der Waals surface area contributed by atoms with Gasteiger partial charge >= 0.3 is 0 Å². The van der Waals surface area contributed by atoms with Crippen LogP contribution < -0.4 is 11.1 Å². The summed E-state index contributed by atoms with van der Waals surface area (Å²) in [5.74, 6) is -0.260. The molecule has 1 aromatic carbocycles. The molecule has 1 amide bonds. The molecule has 3 N–H and O–H groups in total. The van der Waals surface area contributed by atoms with Crippen LogP contribution in [-0.2, 0) is 6.54 Å². The molecule has 0 aliphatic carbocycles. The Labute approximate surface area is 110 Å². The van der Waals surface area contributed by atoms with Gasteiger partial charge in [0.05, 0.1) is 23.5 Å². The van der Waals surface area contributed by atoms with E-state index in [0.717, 1.165) is 5.56 Å². The zero-order valence-corrected chi connectivity index (χ0v) is 10.1. The largest absolute Gasteiger partial charge is 0.397 e. The number of benzene rings is 1. The number of nitriles is 1. The van der Waals surface area contributed by atoms with E-state index in [-0.39, 0.29) is 5.91 Å². The van der Waals surface area contributed by atoms with Gasteiger partial charge in [0, 0.05) is 6.54 Å². The third kappa shape index (κ3) is 3.30. The van der Waals surface area contributed by atoms with Crippen molar-refractivity contribution in [3.8, 4) is 6.07 Å². The van der Waals surface area contributed by atoms with Crippen LogP contribution in [0.2, 0.25) is 0 Å². The molecule has 2 rings (SSSR count). The highest BCUT2D eigenvalue weighted by Crippen LogP contribution is 2.04. The van der Waals surface area contributed by atoms with Crippen molar-refractivity contribution in [2.24, 2.45) is 0 Å². The van der Waals surface area contributed by atoms with Crippen molar-refractivity contribution in [1.29, 1.82) is 5.26 Å². The molecular formula is C14H12N4O. The van der Waals surface area contributed by atoms with Crippen molar-refractivity contribution in [3.05, 3.63) is 59.4 Å². The van der Waals surface area contributed by atoms with E-state index in [1.54, 1.807) is 36.4 Å². The fourth-order valence-corrected chi connectivity index (χ4v) is 1.51. The number of nitrogen functional groups attached to an aromatic ring is 1. The molecule has 19 heavy (non-hydrogen) atoms. The minimum atomic E-state index is -0.260. The van der Waals surface area contributed by atoms with Crippen LogP contribution in [0.25, 0.3) is 0 Å². The molecule has 1 aromatic heterocycles. The Bertz CT molecular complexity index is 611. The Morgan fingerprint density at radius 1 is 1.26 bits per heavy atom. The van der Waals surface area contributed by atoms with Crippen LogP contribution in [0.15, 0.2) is 42.6 Å². The summed E-state index contributed by atoms with van der Waals surface area (Å²) in [6, 6.07) is 12.3. The van der Waals surface area contributed by atoms with Crippen LogP contribution in [0.4, 0.5) is 5.69 Å². The van der Waals surface area contributed by atoms with Crippen molar-refractivity contribution in [2.45, 2.75) is 6.54 Å². The predicted molar refractivity (Wildman–Crippen MR) is 71.0 cm³/mol. The maximum Gasteiger partial charge on any atom is 0.270 e. The fraction of sp³-hybridized carbons (Fsp3) is 0.0714. The molecule has 5 nitrogen and oxygen atoms in total. The van der Waals surface area contributed by atoms with Crippen LogP contribution >= 0.6 is 0 Å². The molecule has 5 heteroatoms. The molecular weight excluding hydrogens is 240 g/mol. The van der Waals surface area contributed by atoms with E-state index in [1.807, 2.05) is 6.07 Å². The second kappa shape index (κ2) is 5.65. The van der Waals surface area contributed by atoms with Gasteiger partial charge in [-0.25, -0.2) is 4.98 Å². The first-order chi connectivity index (χ1) is 9.19. The van der Waals surface area contributed by atoms with Crippen LogP contribution in [0.5, 0.6) is 0 Å². The van der Waals surface area contributed by atoms with Gasteiger partial charge in [0.2, 0.25) is 0 Å². The Morgan fingerprint density at radius 2 is 2.00 bits per heavy atom. The van der Waals surface area contributed by atoms with E-state index >= 15 is 0 Å². The first-order valence-electron chi connectivity index (χ1n) is 5.68. The Morgan fingerprint density at radius 3 is 2.58 bits per heavy atom. The summed E-state index contributed by atoms with van der Waals surface area (Å²) in [6.45, 7) is 0.386. The van der Waals surface area contributed by atoms with E-state index in [0.29, 0.717) is 23.5 Å². The lowest BCUT2D eigenvalue weighted by atomic mass is 10.1. The molecule has 2 aromatic rings. The molecule has 0 aliphatic heterocycles. The number of nitrogens with one attached hydrogen (secondary N) is 1. The van der Waals surface area contributed by atoms with Gasteiger partial charge in [0.1, 0.15) is 5.69 Å². The monoisotopic (exact) mass is 252 g/mol. The number of nitrogens with zero attached hydrogens (tertiary/aromatic N) is 2. The first kappa shape index (κ1) is 12.6. The number of rotatable bonds is 3. The van der Waals surface area contributed by atoms with Crippen molar-refractivity contribution in [1.82, 2.24) is 10.3 Å². The van der Waals surface area contributed by atoms with Gasteiger partial charge in [-0.1, -0.05) is 12.1 Å². The smallest absolute Gasteiger partial charge is 0.270 e. The highest BCUT2D eigenvalue weighted by Gasteiger charge is 2.06. The number of anilines is 1. The summed E-state index contributed by atoms with van der Waals surface area (Å²) in [5.41, 5.74) is 7.85. The Kier molecular flexibility index (Phi) is 3.74. The summed E-state index contributed by atoms with van der Waals surface area (Å²) in [4.78, 5) is 15.7. The van der Waals surface area contributed by atoms with E-state index in [2.05, 4.69) is 10.3 Å². The van der Waals surface area contributed by atoms with Crippen LogP contribution in [0.3, 0.4) is 0 Å². The van der Waals surface area contributed by atoms with Crippen molar-refractivity contribution in [2.75, 3.05) is 5.73 Å². The lowest BCUT2D eigenvalue weighted by Crippen LogP contribution is -2.23. The molecule has 0 bridgehead atoms. The maximum absolute atomic E-state index is 11.8. The Balaban J connectivity index is 1.96. The molecule has 1 heterocycles. The quantitative estimate of drug-likeness (QED) is 0.865. The Hall–Kier alpha value is -2.87. The predicted octanol–water partition coefficient (Wildman–Crippen LogP) is 1.47. The topological polar surface area (TPSA) is 91.8 Å². The summed E-state index contributed by atoms with van der Waals surface area (Å²) in [5, 5.41) is 11.4. The van der Waals surface area contributed by atoms with Crippen LogP contribution in [0.1, 0.15) is 21.6 Å². The number of aromatic nitrogens is 1. The second-order valence-electron chi connectivity index (χ2n) is 3.97. The number of hydrogen-bond donors (Lipinski definition) is 2. The minimum Gasteiger partial charge on any atom is -0.397 e. The number of pyridine rings is 1. The third-order valence-corrected chi connectivity index (χ3v) is 2.56. The fourth-order valence-electron chi connectivity index (χ4n) is 1.51. The van der Waals surface area contributed by atoms with E-state index in [4.69, 9.17) is 11.0 Å². The van der Waals surface area contributed by atoms with E-state index in [9.17, 15) is 4.79 Å². The number of nitrogens with two attached hydrogens (primary N) is 1. The lowest BCUT2D eigenvalue weighted by Gasteiger charge is -2.05. The molecule has 94 valence electrons. The summed E-state index contributed by atoms with van der Waals surface area (Å²) in [6.07, 6.45) is 1.44. The highest BCUT2D eigenvalue weighted by molar-refractivity contribution is 5.92. The molecule has 0 saturated heterocycles. The number of carbonyl (C=O) groups is 1. The van der Waals surface area contributed by atoms with Crippen molar-refractivity contribution < 1.29 is 4.79 Å². The molecule has 0 saturated carbocycles. The SMILES string of the molecule is N#Cc1ccc(CNC(=O)c2ccc(N)cn2)cc1. The zero-order valence-electron chi connectivity index (χ0n) is 10.1. The van der Waals surface area contributed by atoms with Crippen molar-refractivity contribution in [3.63, 3.8) is 0 Å². The average molecular weight is 252 g/mol. The van der Waals surface area contributed by atoms with Gasteiger partial charge in [-0.2, -0.15) is 5.26 Å². The normalized spacial score (nSPS) is 9.63. The highest BCUT2D eigenvalue weighted by atomic mass is 16.1. The van der Waals surface area contributed by atoms with Gasteiger partial charge in [-0.3, -0.25) is 4.79 Å². The molecule has 0 unspecified atom stereocenters. The summed E-state index contributed by atoms with van der Waals surface area (Å²) in [7, 11) is 0. The van der Waals surface area contributed by atoms with Crippen molar-refractivity contribution >= 4 is 11.6 Å². The third-order valence-electron chi connectivity index (χ3n) is 2.56. The van der Waals surface area contributed by atoms with Gasteiger partial charge in [-0.05, 0) is 29.8 Å². The molecule has 0 atom stereocenters. The summed E-state index contributed by atoms with van der Waals surface area (Å²) >= 11 is 0. The van der Waals surface area contributed by atoms with Gasteiger partial charge in [0.15, 0.2) is 0 Å². The van der Waals surface area contributed by atoms with Crippen LogP contribution in [0, 0.1) is 11.3 Å². The zero-order chi connectivity index (χ0) is 13.7. The van der Waals surface area contributed by atoms with E-state index in [1.165, 1.54) is 6.20 Å². The second-order valence-corrected chi connectivity index (χ2v) is 3.97. The maximum atomic E-state index is 11.8. The van der Waals surface area contributed by atoms with Gasteiger partial charge in [-0.15, -0.1) is 0 Å². The van der Waals surface area contributed by atoms with Crippen LogP contribution in [-0.4, -0.2) is 10.9 Å².